The molecule has 0 spiro atoms. The Morgan fingerprint density at radius 1 is 1.31 bits per heavy atom. The van der Waals surface area contributed by atoms with Gasteiger partial charge in [-0.3, -0.25) is 0 Å². The zero-order valence-electron chi connectivity index (χ0n) is 8.85. The number of alkyl halides is 1. The number of halogens is 1. The lowest BCUT2D eigenvalue weighted by molar-refractivity contribution is 0.345. The van der Waals surface area contributed by atoms with Crippen molar-refractivity contribution in [3.05, 3.63) is 0 Å². The second-order valence-corrected chi connectivity index (χ2v) is 4.85. The van der Waals surface area contributed by atoms with Crippen molar-refractivity contribution in [2.45, 2.75) is 58.0 Å². The SMILES string of the molecule is CC(C)C(CCCl)NC1CCCC1. The molecule has 0 aromatic carbocycles. The van der Waals surface area contributed by atoms with Gasteiger partial charge in [-0.15, -0.1) is 11.6 Å². The van der Waals surface area contributed by atoms with Gasteiger partial charge >= 0.3 is 0 Å². The van der Waals surface area contributed by atoms with E-state index in [-0.39, 0.29) is 0 Å². The number of nitrogens with one attached hydrogen (secondary N) is 1. The summed E-state index contributed by atoms with van der Waals surface area (Å²) in [5, 5.41) is 3.73. The molecule has 0 heterocycles. The highest BCUT2D eigenvalue weighted by molar-refractivity contribution is 6.17. The highest BCUT2D eigenvalue weighted by Gasteiger charge is 2.20. The summed E-state index contributed by atoms with van der Waals surface area (Å²) in [6.07, 6.45) is 6.65. The van der Waals surface area contributed by atoms with Crippen LogP contribution in [0, 0.1) is 5.92 Å². The highest BCUT2D eigenvalue weighted by atomic mass is 35.5. The maximum absolute atomic E-state index is 5.79. The molecule has 0 saturated heterocycles. The van der Waals surface area contributed by atoms with Crippen LogP contribution in [0.15, 0.2) is 0 Å². The Labute approximate surface area is 87.2 Å². The van der Waals surface area contributed by atoms with Gasteiger partial charge in [0.25, 0.3) is 0 Å². The highest BCUT2D eigenvalue weighted by Crippen LogP contribution is 2.20. The molecule has 1 unspecified atom stereocenters. The summed E-state index contributed by atoms with van der Waals surface area (Å²) in [6, 6.07) is 1.40. The molecular formula is C11H22ClN. The van der Waals surface area contributed by atoms with E-state index in [9.17, 15) is 0 Å². The van der Waals surface area contributed by atoms with Crippen LogP contribution in [-0.4, -0.2) is 18.0 Å². The third kappa shape index (κ3) is 3.86. The van der Waals surface area contributed by atoms with Crippen molar-refractivity contribution in [3.8, 4) is 0 Å². The lowest BCUT2D eigenvalue weighted by atomic mass is 10.0. The third-order valence-corrected chi connectivity index (χ3v) is 3.25. The van der Waals surface area contributed by atoms with Gasteiger partial charge < -0.3 is 5.32 Å². The molecule has 1 saturated carbocycles. The monoisotopic (exact) mass is 203 g/mol. The minimum Gasteiger partial charge on any atom is -0.311 e. The van der Waals surface area contributed by atoms with Gasteiger partial charge in [0.15, 0.2) is 0 Å². The molecule has 1 N–H and O–H groups in total. The van der Waals surface area contributed by atoms with Crippen LogP contribution in [-0.2, 0) is 0 Å². The Kier molecular flexibility index (Phi) is 5.12. The first kappa shape index (κ1) is 11.3. The lowest BCUT2D eigenvalue weighted by Crippen LogP contribution is -2.40. The first-order valence-electron chi connectivity index (χ1n) is 5.56. The van der Waals surface area contributed by atoms with E-state index in [1.54, 1.807) is 0 Å². The molecule has 0 aromatic rings. The summed E-state index contributed by atoms with van der Waals surface area (Å²) in [7, 11) is 0. The van der Waals surface area contributed by atoms with E-state index in [1.165, 1.54) is 25.7 Å². The number of rotatable bonds is 5. The predicted octanol–water partition coefficient (Wildman–Crippen LogP) is 3.17. The topological polar surface area (TPSA) is 12.0 Å². The van der Waals surface area contributed by atoms with Crippen LogP contribution in [0.4, 0.5) is 0 Å². The van der Waals surface area contributed by atoms with Crippen LogP contribution in [0.2, 0.25) is 0 Å². The number of hydrogen-bond donors (Lipinski definition) is 1. The Morgan fingerprint density at radius 2 is 1.92 bits per heavy atom. The quantitative estimate of drug-likeness (QED) is 0.677. The molecule has 0 bridgehead atoms. The van der Waals surface area contributed by atoms with Crippen LogP contribution >= 0.6 is 11.6 Å². The molecule has 0 aromatic heterocycles. The minimum absolute atomic E-state index is 0.626. The fourth-order valence-electron chi connectivity index (χ4n) is 2.12. The van der Waals surface area contributed by atoms with Crippen molar-refractivity contribution < 1.29 is 0 Å². The first-order chi connectivity index (χ1) is 6.24. The Morgan fingerprint density at radius 3 is 2.38 bits per heavy atom. The summed E-state index contributed by atoms with van der Waals surface area (Å²) in [5.74, 6) is 1.49. The van der Waals surface area contributed by atoms with Gasteiger partial charge in [0.05, 0.1) is 0 Å². The molecule has 1 rings (SSSR count). The van der Waals surface area contributed by atoms with E-state index in [0.29, 0.717) is 12.0 Å². The molecule has 0 radical (unpaired) electrons. The van der Waals surface area contributed by atoms with Crippen molar-refractivity contribution >= 4 is 11.6 Å². The van der Waals surface area contributed by atoms with Gasteiger partial charge in [0.2, 0.25) is 0 Å². The summed E-state index contributed by atoms with van der Waals surface area (Å²) < 4.78 is 0. The van der Waals surface area contributed by atoms with Crippen LogP contribution in [0.3, 0.4) is 0 Å². The Bertz CT molecular complexity index is 130. The first-order valence-corrected chi connectivity index (χ1v) is 6.09. The summed E-state index contributed by atoms with van der Waals surface area (Å²) >= 11 is 5.79. The Balaban J connectivity index is 2.27. The summed E-state index contributed by atoms with van der Waals surface area (Å²) in [4.78, 5) is 0. The van der Waals surface area contributed by atoms with Crippen LogP contribution in [0.1, 0.15) is 46.0 Å². The predicted molar refractivity (Wildman–Crippen MR) is 59.4 cm³/mol. The lowest BCUT2D eigenvalue weighted by Gasteiger charge is -2.25. The molecule has 1 nitrogen and oxygen atoms in total. The van der Waals surface area contributed by atoms with Crippen LogP contribution < -0.4 is 5.32 Å². The number of hydrogen-bond acceptors (Lipinski definition) is 1. The molecule has 0 aliphatic heterocycles. The van der Waals surface area contributed by atoms with Gasteiger partial charge in [-0.1, -0.05) is 26.7 Å². The van der Waals surface area contributed by atoms with E-state index in [2.05, 4.69) is 19.2 Å². The molecule has 2 heteroatoms. The average molecular weight is 204 g/mol. The summed E-state index contributed by atoms with van der Waals surface area (Å²) in [5.41, 5.74) is 0. The van der Waals surface area contributed by atoms with Crippen molar-refractivity contribution in [2.75, 3.05) is 5.88 Å². The third-order valence-electron chi connectivity index (χ3n) is 3.03. The zero-order chi connectivity index (χ0) is 9.68. The van der Waals surface area contributed by atoms with Crippen molar-refractivity contribution in [1.29, 1.82) is 0 Å². The van der Waals surface area contributed by atoms with Crippen LogP contribution in [0.5, 0.6) is 0 Å². The van der Waals surface area contributed by atoms with Gasteiger partial charge in [-0.2, -0.15) is 0 Å². The molecule has 0 amide bonds. The zero-order valence-corrected chi connectivity index (χ0v) is 9.61. The molecule has 1 aliphatic rings. The molecule has 78 valence electrons. The van der Waals surface area contributed by atoms with E-state index in [4.69, 9.17) is 11.6 Å². The Hall–Kier alpha value is 0.250. The van der Waals surface area contributed by atoms with Crippen molar-refractivity contribution in [2.24, 2.45) is 5.92 Å². The van der Waals surface area contributed by atoms with E-state index in [1.807, 2.05) is 0 Å². The van der Waals surface area contributed by atoms with Gasteiger partial charge in [-0.25, -0.2) is 0 Å². The second kappa shape index (κ2) is 5.87. The largest absolute Gasteiger partial charge is 0.311 e. The van der Waals surface area contributed by atoms with E-state index >= 15 is 0 Å². The smallest absolute Gasteiger partial charge is 0.0238 e. The maximum Gasteiger partial charge on any atom is 0.0238 e. The molecule has 13 heavy (non-hydrogen) atoms. The molecule has 1 aliphatic carbocycles. The molecule has 1 fully saturated rings. The van der Waals surface area contributed by atoms with Crippen molar-refractivity contribution in [3.63, 3.8) is 0 Å². The fourth-order valence-corrected chi connectivity index (χ4v) is 2.36. The fraction of sp³-hybridized carbons (Fsp3) is 1.00. The van der Waals surface area contributed by atoms with Crippen LogP contribution in [0.25, 0.3) is 0 Å². The van der Waals surface area contributed by atoms with Gasteiger partial charge in [0, 0.05) is 18.0 Å². The summed E-state index contributed by atoms with van der Waals surface area (Å²) in [6.45, 7) is 4.55. The normalized spacial score (nSPS) is 21.2. The molecule has 1 atom stereocenters. The standard InChI is InChI=1S/C11H22ClN/c1-9(2)11(7-8-12)13-10-5-3-4-6-10/h9-11,13H,3-8H2,1-2H3. The van der Waals surface area contributed by atoms with Gasteiger partial charge in [0.1, 0.15) is 0 Å². The maximum atomic E-state index is 5.79. The van der Waals surface area contributed by atoms with Gasteiger partial charge in [-0.05, 0) is 25.2 Å². The van der Waals surface area contributed by atoms with E-state index in [0.717, 1.165) is 18.3 Å². The molecular weight excluding hydrogens is 182 g/mol. The van der Waals surface area contributed by atoms with Crippen molar-refractivity contribution in [1.82, 2.24) is 5.32 Å². The second-order valence-electron chi connectivity index (χ2n) is 4.48. The minimum atomic E-state index is 0.626. The average Bonchev–Trinajstić information content (AvgIpc) is 2.56. The van der Waals surface area contributed by atoms with E-state index < -0.39 is 0 Å².